The number of terminal acetylenes is 1. The quantitative estimate of drug-likeness (QED) is 0.472. The second-order valence-electron chi connectivity index (χ2n) is 5.89. The van der Waals surface area contributed by atoms with Gasteiger partial charge in [-0.05, 0) is 42.8 Å². The Kier molecular flexibility index (Phi) is 4.95. The topological polar surface area (TPSA) is 52.8 Å². The lowest BCUT2D eigenvalue weighted by molar-refractivity contribution is 0.299. The van der Waals surface area contributed by atoms with Crippen molar-refractivity contribution in [3.05, 3.63) is 61.9 Å². The Morgan fingerprint density at radius 3 is 2.93 bits per heavy atom. The molecule has 0 aliphatic carbocycles. The second-order valence-corrected chi connectivity index (χ2v) is 7.31. The smallest absolute Gasteiger partial charge is 0.274 e. The summed E-state index contributed by atoms with van der Waals surface area (Å²) in [5.41, 5.74) is 2.21. The zero-order valence-electron chi connectivity index (χ0n) is 14.9. The van der Waals surface area contributed by atoms with Gasteiger partial charge in [-0.2, -0.15) is 0 Å². The van der Waals surface area contributed by atoms with Crippen molar-refractivity contribution in [2.45, 2.75) is 6.92 Å². The lowest BCUT2D eigenvalue weighted by Gasteiger charge is -2.12. The molecule has 0 amide bonds. The maximum Gasteiger partial charge on any atom is 0.274 e. The van der Waals surface area contributed by atoms with Gasteiger partial charge >= 0.3 is 0 Å². The molecule has 5 nitrogen and oxygen atoms in total. The summed E-state index contributed by atoms with van der Waals surface area (Å²) in [7, 11) is 0. The molecule has 4 aromatic rings. The van der Waals surface area contributed by atoms with Crippen LogP contribution in [-0.4, -0.2) is 22.6 Å². The first-order valence-electron chi connectivity index (χ1n) is 8.56. The zero-order valence-corrected chi connectivity index (χ0v) is 16.5. The average Bonchev–Trinajstić information content (AvgIpc) is 3.18. The minimum atomic E-state index is -0.115. The number of fused-ring (bicyclic) bond motifs is 3. The van der Waals surface area contributed by atoms with Gasteiger partial charge in [-0.25, -0.2) is 9.38 Å². The van der Waals surface area contributed by atoms with E-state index in [1.165, 1.54) is 11.3 Å². The van der Waals surface area contributed by atoms with Gasteiger partial charge in [0.1, 0.15) is 6.61 Å². The van der Waals surface area contributed by atoms with E-state index in [1.54, 1.807) is 22.6 Å². The molecule has 2 aromatic heterocycles. The summed E-state index contributed by atoms with van der Waals surface area (Å²) in [5.74, 6) is 3.29. The summed E-state index contributed by atoms with van der Waals surface area (Å²) in [6.45, 7) is 2.39. The molecule has 0 N–H and O–H groups in total. The third-order valence-electron chi connectivity index (χ3n) is 4.07. The van der Waals surface area contributed by atoms with Gasteiger partial charge in [0.2, 0.25) is 0 Å². The molecule has 140 valence electrons. The third-order valence-corrected chi connectivity index (χ3v) is 5.32. The highest BCUT2D eigenvalue weighted by atomic mass is 35.5. The van der Waals surface area contributed by atoms with Gasteiger partial charge in [-0.1, -0.05) is 41.0 Å². The van der Waals surface area contributed by atoms with Gasteiger partial charge in [0, 0.05) is 0 Å². The molecule has 0 saturated heterocycles. The highest BCUT2D eigenvalue weighted by Crippen LogP contribution is 2.37. The Morgan fingerprint density at radius 1 is 1.32 bits per heavy atom. The molecule has 0 saturated carbocycles. The molecule has 4 rings (SSSR count). The summed E-state index contributed by atoms with van der Waals surface area (Å²) in [4.78, 5) is 18.1. The number of thiazole rings is 1. The Bertz CT molecular complexity index is 1330. The monoisotopic (exact) mass is 410 g/mol. The minimum Gasteiger partial charge on any atom is -0.490 e. The van der Waals surface area contributed by atoms with E-state index in [4.69, 9.17) is 27.5 Å². The van der Waals surface area contributed by atoms with Crippen LogP contribution in [0.4, 0.5) is 0 Å². The van der Waals surface area contributed by atoms with Gasteiger partial charge in [0.15, 0.2) is 16.5 Å². The second kappa shape index (κ2) is 7.55. The van der Waals surface area contributed by atoms with Crippen molar-refractivity contribution < 1.29 is 9.47 Å². The van der Waals surface area contributed by atoms with Crippen molar-refractivity contribution in [1.29, 1.82) is 0 Å². The average molecular weight is 411 g/mol. The van der Waals surface area contributed by atoms with Gasteiger partial charge < -0.3 is 9.47 Å². The van der Waals surface area contributed by atoms with E-state index in [9.17, 15) is 4.79 Å². The van der Waals surface area contributed by atoms with E-state index in [0.29, 0.717) is 32.6 Å². The van der Waals surface area contributed by atoms with Crippen LogP contribution in [0.3, 0.4) is 0 Å². The molecule has 0 aliphatic rings. The van der Waals surface area contributed by atoms with Crippen LogP contribution in [0.2, 0.25) is 5.02 Å². The third kappa shape index (κ3) is 3.19. The van der Waals surface area contributed by atoms with Crippen molar-refractivity contribution in [1.82, 2.24) is 9.38 Å². The molecule has 28 heavy (non-hydrogen) atoms. The van der Waals surface area contributed by atoms with Gasteiger partial charge in [0.25, 0.3) is 5.56 Å². The van der Waals surface area contributed by atoms with E-state index in [0.717, 1.165) is 16.6 Å². The molecule has 0 bridgehead atoms. The Balaban J connectivity index is 1.85. The van der Waals surface area contributed by atoms with Crippen LogP contribution >= 0.6 is 22.9 Å². The maximum atomic E-state index is 12.9. The normalized spacial score (nSPS) is 11.8. The first kappa shape index (κ1) is 18.4. The summed E-state index contributed by atoms with van der Waals surface area (Å²) in [5, 5.41) is 0.367. The standard InChI is InChI=1S/C21H15ClN2O3S/c1-3-9-27-19-14(22)10-13(11-17(19)26-4-2)12-18-20(25)24-16-8-6-5-7-15(16)23-21(24)28-18/h1,5-8,10-12H,4,9H2,2H3/b18-12-. The number of halogens is 1. The van der Waals surface area contributed by atoms with Crippen LogP contribution in [0, 0.1) is 12.3 Å². The van der Waals surface area contributed by atoms with Gasteiger partial charge in [0.05, 0.1) is 27.2 Å². The van der Waals surface area contributed by atoms with Crippen LogP contribution in [0.1, 0.15) is 12.5 Å². The predicted molar refractivity (Wildman–Crippen MR) is 113 cm³/mol. The molecule has 0 aliphatic heterocycles. The summed E-state index contributed by atoms with van der Waals surface area (Å²) in [6.07, 6.45) is 7.03. The fourth-order valence-electron chi connectivity index (χ4n) is 2.95. The van der Waals surface area contributed by atoms with E-state index < -0.39 is 0 Å². The number of benzene rings is 2. The number of hydrogen-bond acceptors (Lipinski definition) is 5. The van der Waals surface area contributed by atoms with Crippen molar-refractivity contribution in [2.24, 2.45) is 0 Å². The van der Waals surface area contributed by atoms with E-state index >= 15 is 0 Å². The van der Waals surface area contributed by atoms with Crippen molar-refractivity contribution in [2.75, 3.05) is 13.2 Å². The minimum absolute atomic E-state index is 0.0861. The molecule has 2 aromatic carbocycles. The molecule has 2 heterocycles. The first-order chi connectivity index (χ1) is 13.6. The van der Waals surface area contributed by atoms with Crippen LogP contribution in [0.15, 0.2) is 41.2 Å². The van der Waals surface area contributed by atoms with E-state index in [-0.39, 0.29) is 12.2 Å². The van der Waals surface area contributed by atoms with E-state index in [1.807, 2.05) is 31.2 Å². The Morgan fingerprint density at radius 2 is 2.14 bits per heavy atom. The lowest BCUT2D eigenvalue weighted by atomic mass is 10.2. The van der Waals surface area contributed by atoms with Crippen molar-refractivity contribution >= 4 is 45.0 Å². The van der Waals surface area contributed by atoms with Gasteiger partial charge in [-0.15, -0.1) is 6.42 Å². The SMILES string of the molecule is C#CCOc1c(Cl)cc(/C=c2\sc3nc4ccccc4n3c2=O)cc1OCC. The predicted octanol–water partition coefficient (Wildman–Crippen LogP) is 3.52. The number of aromatic nitrogens is 2. The van der Waals surface area contributed by atoms with Gasteiger partial charge in [-0.3, -0.25) is 4.79 Å². The molecule has 0 unspecified atom stereocenters. The van der Waals surface area contributed by atoms with Crippen molar-refractivity contribution in [3.63, 3.8) is 0 Å². The largest absolute Gasteiger partial charge is 0.490 e. The molecular formula is C21H15ClN2O3S. The fraction of sp³-hybridized carbons (Fsp3) is 0.143. The summed E-state index contributed by atoms with van der Waals surface area (Å²) < 4.78 is 13.3. The fourth-order valence-corrected chi connectivity index (χ4v) is 4.21. The number of rotatable bonds is 5. The molecule has 7 heteroatoms. The Hall–Kier alpha value is -3.01. The number of para-hydroxylation sites is 2. The highest BCUT2D eigenvalue weighted by molar-refractivity contribution is 7.15. The molecular weight excluding hydrogens is 396 g/mol. The van der Waals surface area contributed by atoms with Crippen molar-refractivity contribution in [3.8, 4) is 23.8 Å². The summed E-state index contributed by atoms with van der Waals surface area (Å²) in [6, 6.07) is 11.1. The number of hydrogen-bond donors (Lipinski definition) is 0. The molecule has 0 spiro atoms. The number of ether oxygens (including phenoxy) is 2. The maximum absolute atomic E-state index is 12.9. The van der Waals surface area contributed by atoms with E-state index in [2.05, 4.69) is 10.9 Å². The number of nitrogens with zero attached hydrogens (tertiary/aromatic N) is 2. The molecule has 0 fully saturated rings. The Labute approximate surface area is 169 Å². The molecule has 0 atom stereocenters. The van der Waals surface area contributed by atoms with Crippen LogP contribution in [-0.2, 0) is 0 Å². The number of imidazole rings is 1. The molecule has 0 radical (unpaired) electrons. The van der Waals surface area contributed by atoms with Crippen LogP contribution in [0.25, 0.3) is 22.1 Å². The van der Waals surface area contributed by atoms with Crippen LogP contribution < -0.4 is 19.6 Å². The lowest BCUT2D eigenvalue weighted by Crippen LogP contribution is -2.22. The first-order valence-corrected chi connectivity index (χ1v) is 9.76. The zero-order chi connectivity index (χ0) is 19.7. The van der Waals surface area contributed by atoms with Crippen LogP contribution in [0.5, 0.6) is 11.5 Å². The summed E-state index contributed by atoms with van der Waals surface area (Å²) >= 11 is 7.69. The highest BCUT2D eigenvalue weighted by Gasteiger charge is 2.14.